The van der Waals surface area contributed by atoms with Gasteiger partial charge in [-0.2, -0.15) is 5.10 Å². The van der Waals surface area contributed by atoms with Gasteiger partial charge in [-0.25, -0.2) is 4.39 Å². The number of benzene rings is 1. The molecule has 0 aliphatic carbocycles. The van der Waals surface area contributed by atoms with E-state index in [4.69, 9.17) is 0 Å². The number of carbonyl (C=O) groups is 1. The minimum atomic E-state index is -0.463. The van der Waals surface area contributed by atoms with Gasteiger partial charge in [-0.3, -0.25) is 9.48 Å². The Morgan fingerprint density at radius 3 is 2.85 bits per heavy atom. The average Bonchev–Trinajstić information content (AvgIpc) is 3.24. The van der Waals surface area contributed by atoms with Crippen molar-refractivity contribution in [3.8, 4) is 0 Å². The molecule has 3 rings (SSSR count). The van der Waals surface area contributed by atoms with E-state index in [1.165, 1.54) is 11.6 Å². The van der Waals surface area contributed by atoms with E-state index in [1.54, 1.807) is 12.1 Å². The Morgan fingerprint density at radius 1 is 1.37 bits per heavy atom. The van der Waals surface area contributed by atoms with Gasteiger partial charge in [-0.15, -0.1) is 0 Å². The lowest BCUT2D eigenvalue weighted by Gasteiger charge is -2.11. The standard InChI is InChI=1S/C21H29FN4O/c1-14-15(2)25-26(16(14)3)10-4-8-24-21(27)19-12-17(5-6-20(19)22)11-18-7-9-23-13-18/h5-6,12,18,23H,4,7-11,13H2,1-3H3,(H,24,27). The van der Waals surface area contributed by atoms with Gasteiger partial charge in [0.15, 0.2) is 0 Å². The average molecular weight is 372 g/mol. The molecule has 1 atom stereocenters. The van der Waals surface area contributed by atoms with Crippen molar-refractivity contribution in [3.05, 3.63) is 52.1 Å². The van der Waals surface area contributed by atoms with E-state index in [-0.39, 0.29) is 11.5 Å². The fraction of sp³-hybridized carbons (Fsp3) is 0.524. The van der Waals surface area contributed by atoms with Gasteiger partial charge in [-0.1, -0.05) is 6.07 Å². The Labute approximate surface area is 160 Å². The number of nitrogens with zero attached hydrogens (tertiary/aromatic N) is 2. The van der Waals surface area contributed by atoms with Crippen molar-refractivity contribution < 1.29 is 9.18 Å². The zero-order valence-corrected chi connectivity index (χ0v) is 16.4. The van der Waals surface area contributed by atoms with Gasteiger partial charge in [0.05, 0.1) is 11.3 Å². The van der Waals surface area contributed by atoms with Crippen molar-refractivity contribution in [2.75, 3.05) is 19.6 Å². The summed E-state index contributed by atoms with van der Waals surface area (Å²) < 4.78 is 16.1. The molecule has 2 heterocycles. The topological polar surface area (TPSA) is 59.0 Å². The van der Waals surface area contributed by atoms with Gasteiger partial charge >= 0.3 is 0 Å². The molecule has 0 spiro atoms. The Balaban J connectivity index is 1.53. The van der Waals surface area contributed by atoms with Gasteiger partial charge in [0.2, 0.25) is 0 Å². The van der Waals surface area contributed by atoms with E-state index in [9.17, 15) is 9.18 Å². The van der Waals surface area contributed by atoms with Gasteiger partial charge in [-0.05, 0) is 82.3 Å². The van der Waals surface area contributed by atoms with E-state index in [0.29, 0.717) is 12.5 Å². The number of carbonyl (C=O) groups excluding carboxylic acids is 1. The van der Waals surface area contributed by atoms with E-state index in [2.05, 4.69) is 29.6 Å². The van der Waals surface area contributed by atoms with Crippen LogP contribution >= 0.6 is 0 Å². The lowest BCUT2D eigenvalue weighted by molar-refractivity contribution is 0.0948. The zero-order chi connectivity index (χ0) is 19.4. The van der Waals surface area contributed by atoms with Crippen molar-refractivity contribution in [1.82, 2.24) is 20.4 Å². The third-order valence-electron chi connectivity index (χ3n) is 5.54. The molecule has 1 amide bonds. The predicted octanol–water partition coefficient (Wildman–Crippen LogP) is 2.92. The SMILES string of the molecule is Cc1nn(CCCNC(=O)c2cc(CC3CCNC3)ccc2F)c(C)c1C. The molecule has 0 bridgehead atoms. The minimum Gasteiger partial charge on any atom is -0.352 e. The Morgan fingerprint density at radius 2 is 2.19 bits per heavy atom. The van der Waals surface area contributed by atoms with Gasteiger partial charge in [0, 0.05) is 18.8 Å². The van der Waals surface area contributed by atoms with Crippen LogP contribution in [0.3, 0.4) is 0 Å². The Bertz CT molecular complexity index is 809. The molecular weight excluding hydrogens is 343 g/mol. The molecule has 1 aromatic carbocycles. The number of rotatable bonds is 7. The fourth-order valence-corrected chi connectivity index (χ4v) is 3.63. The molecule has 1 fully saturated rings. The summed E-state index contributed by atoms with van der Waals surface area (Å²) in [6.07, 6.45) is 2.76. The van der Waals surface area contributed by atoms with Crippen LogP contribution in [-0.4, -0.2) is 35.3 Å². The fourth-order valence-electron chi connectivity index (χ4n) is 3.63. The third kappa shape index (κ3) is 4.75. The lowest BCUT2D eigenvalue weighted by atomic mass is 9.97. The van der Waals surface area contributed by atoms with Crippen LogP contribution < -0.4 is 10.6 Å². The molecule has 27 heavy (non-hydrogen) atoms. The highest BCUT2D eigenvalue weighted by molar-refractivity contribution is 5.94. The second-order valence-electron chi connectivity index (χ2n) is 7.51. The van der Waals surface area contributed by atoms with E-state index in [1.807, 2.05) is 11.6 Å². The van der Waals surface area contributed by atoms with Crippen molar-refractivity contribution in [2.24, 2.45) is 5.92 Å². The molecule has 0 saturated carbocycles. The summed E-state index contributed by atoms with van der Waals surface area (Å²) in [6.45, 7) is 9.36. The van der Waals surface area contributed by atoms with Crippen LogP contribution in [-0.2, 0) is 13.0 Å². The van der Waals surface area contributed by atoms with E-state index in [0.717, 1.165) is 55.8 Å². The molecule has 1 unspecified atom stereocenters. The number of hydrogen-bond donors (Lipinski definition) is 2. The Kier molecular flexibility index (Phi) is 6.26. The summed E-state index contributed by atoms with van der Waals surface area (Å²) in [5, 5.41) is 10.7. The molecule has 1 aliphatic heterocycles. The summed E-state index contributed by atoms with van der Waals surface area (Å²) in [4.78, 5) is 12.4. The second kappa shape index (κ2) is 8.65. The highest BCUT2D eigenvalue weighted by Crippen LogP contribution is 2.18. The molecule has 0 radical (unpaired) electrons. The highest BCUT2D eigenvalue weighted by Gasteiger charge is 2.17. The maximum atomic E-state index is 14.1. The van der Waals surface area contributed by atoms with Crippen molar-refractivity contribution in [1.29, 1.82) is 0 Å². The molecular formula is C21H29FN4O. The van der Waals surface area contributed by atoms with Crippen LogP contribution in [0.25, 0.3) is 0 Å². The molecule has 6 heteroatoms. The first-order valence-corrected chi connectivity index (χ1v) is 9.73. The van der Waals surface area contributed by atoms with Crippen molar-refractivity contribution in [2.45, 2.75) is 46.6 Å². The number of amides is 1. The number of aryl methyl sites for hydroxylation is 2. The number of halogens is 1. The van der Waals surface area contributed by atoms with Gasteiger partial charge < -0.3 is 10.6 Å². The van der Waals surface area contributed by atoms with Crippen LogP contribution in [0.2, 0.25) is 0 Å². The smallest absolute Gasteiger partial charge is 0.254 e. The number of nitrogens with one attached hydrogen (secondary N) is 2. The summed E-state index contributed by atoms with van der Waals surface area (Å²) in [6, 6.07) is 4.90. The third-order valence-corrected chi connectivity index (χ3v) is 5.54. The molecule has 1 saturated heterocycles. The first-order chi connectivity index (χ1) is 13.0. The first-order valence-electron chi connectivity index (χ1n) is 9.73. The van der Waals surface area contributed by atoms with Crippen LogP contribution in [0.15, 0.2) is 18.2 Å². The summed E-state index contributed by atoms with van der Waals surface area (Å²) in [5.41, 5.74) is 4.55. The molecule has 2 N–H and O–H groups in total. The maximum absolute atomic E-state index is 14.1. The van der Waals surface area contributed by atoms with Gasteiger partial charge in [0.1, 0.15) is 5.82 Å². The van der Waals surface area contributed by atoms with Gasteiger partial charge in [0.25, 0.3) is 5.91 Å². The highest BCUT2D eigenvalue weighted by atomic mass is 19.1. The lowest BCUT2D eigenvalue weighted by Crippen LogP contribution is -2.26. The summed E-state index contributed by atoms with van der Waals surface area (Å²) in [7, 11) is 0. The van der Waals surface area contributed by atoms with Crippen LogP contribution in [0, 0.1) is 32.5 Å². The molecule has 146 valence electrons. The zero-order valence-electron chi connectivity index (χ0n) is 16.4. The quantitative estimate of drug-likeness (QED) is 0.735. The van der Waals surface area contributed by atoms with Crippen LogP contribution in [0.5, 0.6) is 0 Å². The Hall–Kier alpha value is -2.21. The predicted molar refractivity (Wildman–Crippen MR) is 104 cm³/mol. The normalized spacial score (nSPS) is 16.7. The summed E-state index contributed by atoms with van der Waals surface area (Å²) >= 11 is 0. The maximum Gasteiger partial charge on any atom is 0.254 e. The molecule has 1 aliphatic rings. The van der Waals surface area contributed by atoms with Crippen LogP contribution in [0.1, 0.15) is 45.7 Å². The van der Waals surface area contributed by atoms with E-state index >= 15 is 0 Å². The number of aromatic nitrogens is 2. The molecule has 1 aromatic heterocycles. The molecule has 5 nitrogen and oxygen atoms in total. The van der Waals surface area contributed by atoms with Crippen molar-refractivity contribution in [3.63, 3.8) is 0 Å². The summed E-state index contributed by atoms with van der Waals surface area (Å²) in [5.74, 6) is -0.242. The number of hydrogen-bond acceptors (Lipinski definition) is 3. The van der Waals surface area contributed by atoms with E-state index < -0.39 is 5.82 Å². The first kappa shape index (κ1) is 19.5. The molecule has 2 aromatic rings. The largest absolute Gasteiger partial charge is 0.352 e. The minimum absolute atomic E-state index is 0.139. The monoisotopic (exact) mass is 372 g/mol. The second-order valence-corrected chi connectivity index (χ2v) is 7.51. The van der Waals surface area contributed by atoms with Crippen LogP contribution in [0.4, 0.5) is 4.39 Å². The van der Waals surface area contributed by atoms with Crippen molar-refractivity contribution >= 4 is 5.91 Å².